The molecular formula is C40H37N3+2. The topological polar surface area (TPSA) is 10.1 Å². The van der Waals surface area contributed by atoms with Gasteiger partial charge in [0.2, 0.25) is 11.4 Å². The molecule has 0 aliphatic carbocycles. The minimum atomic E-state index is -0.00429. The number of allylic oxidation sites excluding steroid dienone is 2. The van der Waals surface area contributed by atoms with Gasteiger partial charge in [0, 0.05) is 23.8 Å². The maximum atomic E-state index is 4.99. The summed E-state index contributed by atoms with van der Waals surface area (Å²) >= 11 is 0. The minimum Gasteiger partial charge on any atom is -0.184 e. The standard InChI is InChI=1S/C40H37N3/c1-4-30-17-10-14-24-38(30)43(32-19-7-6-8-20-32)42-29(3)40-36(27-26-31-18-9-11-21-33(31)37(42)5-2)34-22-12-13-23-35(34)39-25-15-16-28-41(39)40/h5-25,28,36,40H,2-4,26-27H2,1H3/q+2. The van der Waals surface area contributed by atoms with Gasteiger partial charge in [0.05, 0.1) is 11.5 Å². The molecular weight excluding hydrogens is 522 g/mol. The molecule has 0 fully saturated rings. The van der Waals surface area contributed by atoms with Gasteiger partial charge in [-0.25, -0.2) is 0 Å². The lowest BCUT2D eigenvalue weighted by Crippen LogP contribution is -2.51. The fraction of sp³-hybridized carbons (Fsp3) is 0.150. The molecule has 4 aromatic carbocycles. The van der Waals surface area contributed by atoms with Crippen molar-refractivity contribution in [1.29, 1.82) is 0 Å². The van der Waals surface area contributed by atoms with E-state index in [1.807, 2.05) is 6.08 Å². The molecule has 0 amide bonds. The number of aromatic nitrogens is 1. The molecule has 2 aliphatic rings. The van der Waals surface area contributed by atoms with E-state index in [0.29, 0.717) is 0 Å². The summed E-state index contributed by atoms with van der Waals surface area (Å²) in [7, 11) is 0. The van der Waals surface area contributed by atoms with Crippen molar-refractivity contribution in [2.24, 2.45) is 0 Å². The molecule has 0 radical (unpaired) electrons. The SMILES string of the molecule is C=CC1=[N+](N(c2ccccc2)c2ccccc2CC)C(=C)C2C(CCc3ccccc31)c1ccccc1-c1cccc[n+]12. The zero-order valence-electron chi connectivity index (χ0n) is 24.7. The number of pyridine rings is 1. The Morgan fingerprint density at radius 2 is 1.49 bits per heavy atom. The van der Waals surface area contributed by atoms with Crippen LogP contribution in [0.1, 0.15) is 47.6 Å². The predicted octanol–water partition coefficient (Wildman–Crippen LogP) is 8.74. The number of hydrazine groups is 1. The van der Waals surface area contributed by atoms with Crippen LogP contribution >= 0.6 is 0 Å². The Balaban J connectivity index is 1.58. The van der Waals surface area contributed by atoms with E-state index in [1.54, 1.807) is 0 Å². The third-order valence-electron chi connectivity index (χ3n) is 9.06. The summed E-state index contributed by atoms with van der Waals surface area (Å²) in [6.07, 6.45) is 7.13. The van der Waals surface area contributed by atoms with Crippen molar-refractivity contribution in [2.75, 3.05) is 5.01 Å². The van der Waals surface area contributed by atoms with Crippen molar-refractivity contribution in [3.05, 3.63) is 175 Å². The Bertz CT molecular complexity index is 1870. The molecule has 3 heterocycles. The van der Waals surface area contributed by atoms with E-state index >= 15 is 0 Å². The molecule has 0 saturated carbocycles. The third-order valence-corrected chi connectivity index (χ3v) is 9.06. The number of anilines is 2. The van der Waals surface area contributed by atoms with E-state index in [1.165, 1.54) is 33.5 Å². The van der Waals surface area contributed by atoms with Gasteiger partial charge in [-0.2, -0.15) is 4.57 Å². The van der Waals surface area contributed by atoms with Crippen molar-refractivity contribution < 1.29 is 9.25 Å². The number of benzene rings is 4. The highest BCUT2D eigenvalue weighted by Gasteiger charge is 2.49. The van der Waals surface area contributed by atoms with Gasteiger partial charge in [0.25, 0.3) is 11.7 Å². The zero-order chi connectivity index (χ0) is 29.3. The summed E-state index contributed by atoms with van der Waals surface area (Å²) < 4.78 is 4.81. The van der Waals surface area contributed by atoms with Crippen LogP contribution < -0.4 is 9.58 Å². The van der Waals surface area contributed by atoms with Gasteiger partial charge in [0.1, 0.15) is 11.4 Å². The molecule has 2 atom stereocenters. The minimum absolute atomic E-state index is 0.00429. The predicted molar refractivity (Wildman–Crippen MR) is 177 cm³/mol. The molecule has 0 bridgehead atoms. The summed E-state index contributed by atoms with van der Waals surface area (Å²) in [6.45, 7) is 11.6. The van der Waals surface area contributed by atoms with Gasteiger partial charge in [-0.15, -0.1) is 5.01 Å². The van der Waals surface area contributed by atoms with Crippen LogP contribution in [0.15, 0.2) is 152 Å². The van der Waals surface area contributed by atoms with Gasteiger partial charge < -0.3 is 0 Å². The first-order valence-electron chi connectivity index (χ1n) is 15.3. The maximum absolute atomic E-state index is 4.99. The van der Waals surface area contributed by atoms with Crippen molar-refractivity contribution in [1.82, 2.24) is 0 Å². The van der Waals surface area contributed by atoms with Crippen LogP contribution in [0, 0.1) is 0 Å². The Labute approximate surface area is 255 Å². The van der Waals surface area contributed by atoms with E-state index in [4.69, 9.17) is 6.58 Å². The number of hydrogen-bond acceptors (Lipinski definition) is 1. The number of hydrazone groups is 1. The van der Waals surface area contributed by atoms with Crippen molar-refractivity contribution >= 4 is 17.1 Å². The second kappa shape index (κ2) is 11.3. The first-order valence-corrected chi connectivity index (χ1v) is 15.3. The van der Waals surface area contributed by atoms with Gasteiger partial charge in [-0.3, -0.25) is 0 Å². The first-order chi connectivity index (χ1) is 21.2. The quantitative estimate of drug-likeness (QED) is 0.196. The smallest absolute Gasteiger partial charge is 0.184 e. The maximum Gasteiger partial charge on any atom is 0.274 e. The van der Waals surface area contributed by atoms with E-state index in [2.05, 4.69) is 155 Å². The van der Waals surface area contributed by atoms with Gasteiger partial charge >= 0.3 is 0 Å². The normalized spacial score (nSPS) is 17.4. The average molecular weight is 560 g/mol. The lowest BCUT2D eigenvalue weighted by Gasteiger charge is -2.31. The van der Waals surface area contributed by atoms with Gasteiger partial charge in [-0.05, 0) is 78.9 Å². The molecule has 0 N–H and O–H groups in total. The molecule has 3 heteroatoms. The second-order valence-electron chi connectivity index (χ2n) is 11.3. The molecule has 2 unspecified atom stereocenters. The van der Waals surface area contributed by atoms with Crippen LogP contribution in [-0.4, -0.2) is 10.4 Å². The van der Waals surface area contributed by atoms with Gasteiger partial charge in [0.15, 0.2) is 6.20 Å². The fourth-order valence-corrected chi connectivity index (χ4v) is 7.12. The number of nitrogens with zero attached hydrogens (tertiary/aromatic N) is 3. The number of hydrogen-bond donors (Lipinski definition) is 0. The van der Waals surface area contributed by atoms with Crippen LogP contribution in [0.5, 0.6) is 0 Å². The summed E-state index contributed by atoms with van der Waals surface area (Å²) in [6, 6.07) is 43.7. The number of rotatable bonds is 5. The van der Waals surface area contributed by atoms with Crippen molar-refractivity contribution in [3.63, 3.8) is 0 Å². The molecule has 210 valence electrons. The highest BCUT2D eigenvalue weighted by Crippen LogP contribution is 2.45. The molecule has 0 saturated heterocycles. The molecule has 43 heavy (non-hydrogen) atoms. The Morgan fingerprint density at radius 1 is 0.791 bits per heavy atom. The van der Waals surface area contributed by atoms with E-state index in [0.717, 1.165) is 42.0 Å². The van der Waals surface area contributed by atoms with Crippen molar-refractivity contribution in [2.45, 2.75) is 38.1 Å². The Morgan fingerprint density at radius 3 is 2.30 bits per heavy atom. The molecule has 7 rings (SSSR count). The average Bonchev–Trinajstić information content (AvgIpc) is 3.12. The number of fused-ring (bicyclic) bond motifs is 7. The number of para-hydroxylation sites is 2. The Hall–Kier alpha value is -5.02. The summed E-state index contributed by atoms with van der Waals surface area (Å²) in [5.74, 6) is 0.238. The monoisotopic (exact) mass is 559 g/mol. The third kappa shape index (κ3) is 4.53. The Kier molecular flexibility index (Phi) is 7.08. The highest BCUT2D eigenvalue weighted by molar-refractivity contribution is 6.06. The lowest BCUT2D eigenvalue weighted by atomic mass is 9.78. The molecule has 3 nitrogen and oxygen atoms in total. The second-order valence-corrected chi connectivity index (χ2v) is 11.3. The van der Waals surface area contributed by atoms with Crippen LogP contribution in [-0.2, 0) is 12.8 Å². The summed E-state index contributed by atoms with van der Waals surface area (Å²) in [5, 5.41) is 2.36. The molecule has 1 aromatic heterocycles. The highest BCUT2D eigenvalue weighted by atomic mass is 15.6. The number of aryl methyl sites for hydroxylation is 2. The van der Waals surface area contributed by atoms with Crippen LogP contribution in [0.25, 0.3) is 11.3 Å². The lowest BCUT2D eigenvalue weighted by molar-refractivity contribution is -0.728. The van der Waals surface area contributed by atoms with Gasteiger partial charge in [-0.1, -0.05) is 91.0 Å². The van der Waals surface area contributed by atoms with Crippen LogP contribution in [0.3, 0.4) is 0 Å². The summed E-state index contributed by atoms with van der Waals surface area (Å²) in [4.78, 5) is 0. The van der Waals surface area contributed by atoms with Crippen LogP contribution in [0.4, 0.5) is 11.4 Å². The largest absolute Gasteiger partial charge is 0.274 e. The fourth-order valence-electron chi connectivity index (χ4n) is 7.12. The first kappa shape index (κ1) is 26.9. The molecule has 0 spiro atoms. The van der Waals surface area contributed by atoms with Crippen LogP contribution in [0.2, 0.25) is 0 Å². The molecule has 5 aromatic rings. The van der Waals surface area contributed by atoms with E-state index in [-0.39, 0.29) is 12.0 Å². The molecule has 2 aliphatic heterocycles. The van der Waals surface area contributed by atoms with E-state index < -0.39 is 0 Å². The van der Waals surface area contributed by atoms with Crippen molar-refractivity contribution in [3.8, 4) is 11.3 Å². The summed E-state index contributed by atoms with van der Waals surface area (Å²) in [5.41, 5.74) is 12.0. The van der Waals surface area contributed by atoms with E-state index in [9.17, 15) is 0 Å². The zero-order valence-corrected chi connectivity index (χ0v) is 24.7.